The van der Waals surface area contributed by atoms with Crippen LogP contribution in [0.3, 0.4) is 0 Å². The van der Waals surface area contributed by atoms with Crippen LogP contribution in [-0.2, 0) is 7.05 Å². The van der Waals surface area contributed by atoms with Gasteiger partial charge in [0, 0.05) is 19.3 Å². The Morgan fingerprint density at radius 2 is 2.07 bits per heavy atom. The molecule has 14 heavy (non-hydrogen) atoms. The Hall–Kier alpha value is -1.25. The smallest absolute Gasteiger partial charge is 0.268 e. The summed E-state index contributed by atoms with van der Waals surface area (Å²) in [7, 11) is 1.87. The van der Waals surface area contributed by atoms with E-state index in [1.165, 1.54) is 0 Å². The molecule has 3 nitrogen and oxygen atoms in total. The van der Waals surface area contributed by atoms with Crippen molar-refractivity contribution >= 4 is 5.91 Å². The predicted molar refractivity (Wildman–Crippen MR) is 57.2 cm³/mol. The van der Waals surface area contributed by atoms with E-state index in [0.29, 0.717) is 11.6 Å². The van der Waals surface area contributed by atoms with Crippen molar-refractivity contribution in [1.29, 1.82) is 0 Å². The van der Waals surface area contributed by atoms with E-state index in [0.717, 1.165) is 0 Å². The molecule has 1 N–H and O–H groups in total. The highest BCUT2D eigenvalue weighted by molar-refractivity contribution is 5.92. The van der Waals surface area contributed by atoms with Crippen molar-refractivity contribution in [3.05, 3.63) is 24.0 Å². The number of carbonyl (C=O) groups excluding carboxylic acids is 1. The van der Waals surface area contributed by atoms with Crippen molar-refractivity contribution in [2.24, 2.45) is 13.0 Å². The normalized spacial score (nSPS) is 12.9. The van der Waals surface area contributed by atoms with Crippen molar-refractivity contribution in [1.82, 2.24) is 9.88 Å². The summed E-state index contributed by atoms with van der Waals surface area (Å²) in [6.45, 7) is 6.21. The summed E-state index contributed by atoms with van der Waals surface area (Å²) in [5.41, 5.74) is 0.706. The molecular weight excluding hydrogens is 176 g/mol. The zero-order chi connectivity index (χ0) is 10.7. The van der Waals surface area contributed by atoms with Gasteiger partial charge < -0.3 is 9.88 Å². The second-order valence-electron chi connectivity index (χ2n) is 4.01. The first-order chi connectivity index (χ1) is 6.52. The Bertz CT molecular complexity index is 315. The molecule has 0 radical (unpaired) electrons. The average molecular weight is 194 g/mol. The van der Waals surface area contributed by atoms with E-state index in [1.54, 1.807) is 0 Å². The fourth-order valence-corrected chi connectivity index (χ4v) is 1.14. The van der Waals surface area contributed by atoms with Gasteiger partial charge in [0.15, 0.2) is 0 Å². The molecular formula is C11H18N2O. The maximum Gasteiger partial charge on any atom is 0.268 e. The third-order valence-corrected chi connectivity index (χ3v) is 2.54. The van der Waals surface area contributed by atoms with Gasteiger partial charge in [-0.15, -0.1) is 0 Å². The van der Waals surface area contributed by atoms with E-state index in [1.807, 2.05) is 36.9 Å². The maximum absolute atomic E-state index is 11.7. The molecule has 1 amide bonds. The van der Waals surface area contributed by atoms with E-state index >= 15 is 0 Å². The van der Waals surface area contributed by atoms with Crippen molar-refractivity contribution in [3.8, 4) is 0 Å². The van der Waals surface area contributed by atoms with Crippen LogP contribution in [0.25, 0.3) is 0 Å². The van der Waals surface area contributed by atoms with E-state index < -0.39 is 0 Å². The molecule has 1 aromatic rings. The van der Waals surface area contributed by atoms with E-state index in [4.69, 9.17) is 0 Å². The summed E-state index contributed by atoms with van der Waals surface area (Å²) in [5, 5.41) is 2.96. The van der Waals surface area contributed by atoms with Crippen LogP contribution < -0.4 is 5.32 Å². The van der Waals surface area contributed by atoms with E-state index in [2.05, 4.69) is 19.2 Å². The number of amides is 1. The lowest BCUT2D eigenvalue weighted by Crippen LogP contribution is -2.36. The molecule has 0 saturated carbocycles. The molecule has 0 fully saturated rings. The van der Waals surface area contributed by atoms with Gasteiger partial charge in [-0.25, -0.2) is 0 Å². The first-order valence-corrected chi connectivity index (χ1v) is 4.94. The van der Waals surface area contributed by atoms with Crippen molar-refractivity contribution in [3.63, 3.8) is 0 Å². The van der Waals surface area contributed by atoms with Gasteiger partial charge in [-0.3, -0.25) is 4.79 Å². The van der Waals surface area contributed by atoms with Crippen LogP contribution in [0.15, 0.2) is 18.3 Å². The van der Waals surface area contributed by atoms with Crippen LogP contribution in [-0.4, -0.2) is 16.5 Å². The van der Waals surface area contributed by atoms with Gasteiger partial charge >= 0.3 is 0 Å². The monoisotopic (exact) mass is 194 g/mol. The quantitative estimate of drug-likeness (QED) is 0.782. The molecule has 1 rings (SSSR count). The summed E-state index contributed by atoms with van der Waals surface area (Å²) >= 11 is 0. The van der Waals surface area contributed by atoms with Gasteiger partial charge in [0.05, 0.1) is 0 Å². The minimum Gasteiger partial charge on any atom is -0.348 e. The second-order valence-corrected chi connectivity index (χ2v) is 4.01. The summed E-state index contributed by atoms with van der Waals surface area (Å²) < 4.78 is 1.82. The van der Waals surface area contributed by atoms with E-state index in [-0.39, 0.29) is 11.9 Å². The minimum absolute atomic E-state index is 0.00120. The average Bonchev–Trinajstić information content (AvgIpc) is 2.51. The highest BCUT2D eigenvalue weighted by atomic mass is 16.2. The van der Waals surface area contributed by atoms with Crippen LogP contribution in [0.2, 0.25) is 0 Å². The molecule has 0 aliphatic carbocycles. The number of nitrogens with one attached hydrogen (secondary N) is 1. The molecule has 1 aromatic heterocycles. The molecule has 0 bridgehead atoms. The van der Waals surface area contributed by atoms with Gasteiger partial charge in [-0.2, -0.15) is 0 Å². The van der Waals surface area contributed by atoms with Crippen molar-refractivity contribution in [2.45, 2.75) is 26.8 Å². The first kappa shape index (κ1) is 10.8. The molecule has 0 aliphatic rings. The lowest BCUT2D eigenvalue weighted by Gasteiger charge is -2.17. The highest BCUT2D eigenvalue weighted by Gasteiger charge is 2.13. The molecule has 78 valence electrons. The number of nitrogens with zero attached hydrogens (tertiary/aromatic N) is 1. The number of aromatic nitrogens is 1. The standard InChI is InChI=1S/C11H18N2O/c1-8(2)9(3)12-11(14)10-6-5-7-13(10)4/h5-9H,1-4H3,(H,12,14). The maximum atomic E-state index is 11.7. The SMILES string of the molecule is CC(C)C(C)NC(=O)c1cccn1C. The Kier molecular flexibility index (Phi) is 3.33. The molecule has 0 spiro atoms. The van der Waals surface area contributed by atoms with Crippen molar-refractivity contribution < 1.29 is 4.79 Å². The Morgan fingerprint density at radius 3 is 2.50 bits per heavy atom. The molecule has 3 heteroatoms. The predicted octanol–water partition coefficient (Wildman–Crippen LogP) is 1.80. The minimum atomic E-state index is -0.00120. The van der Waals surface area contributed by atoms with Gasteiger partial charge in [-0.05, 0) is 25.0 Å². The third-order valence-electron chi connectivity index (χ3n) is 2.54. The molecule has 1 atom stereocenters. The largest absolute Gasteiger partial charge is 0.348 e. The van der Waals surface area contributed by atoms with Crippen molar-refractivity contribution in [2.75, 3.05) is 0 Å². The topological polar surface area (TPSA) is 34.0 Å². The molecule has 0 saturated heterocycles. The van der Waals surface area contributed by atoms with Crippen LogP contribution in [0.1, 0.15) is 31.3 Å². The number of aryl methyl sites for hydroxylation is 1. The molecule has 0 aliphatic heterocycles. The van der Waals surface area contributed by atoms with Gasteiger partial charge in [0.1, 0.15) is 5.69 Å². The summed E-state index contributed by atoms with van der Waals surface area (Å²) in [4.78, 5) is 11.7. The van der Waals surface area contributed by atoms with Gasteiger partial charge in [-0.1, -0.05) is 13.8 Å². The van der Waals surface area contributed by atoms with Crippen LogP contribution >= 0.6 is 0 Å². The van der Waals surface area contributed by atoms with Crippen LogP contribution in [0.5, 0.6) is 0 Å². The molecule has 1 unspecified atom stereocenters. The lowest BCUT2D eigenvalue weighted by molar-refractivity contribution is 0.0922. The number of carbonyl (C=O) groups is 1. The Labute approximate surface area is 85.1 Å². The summed E-state index contributed by atoms with van der Waals surface area (Å²) in [6.07, 6.45) is 1.87. The fourth-order valence-electron chi connectivity index (χ4n) is 1.14. The van der Waals surface area contributed by atoms with Gasteiger partial charge in [0.2, 0.25) is 0 Å². The highest BCUT2D eigenvalue weighted by Crippen LogP contribution is 2.03. The fraction of sp³-hybridized carbons (Fsp3) is 0.545. The Balaban J connectivity index is 2.64. The van der Waals surface area contributed by atoms with E-state index in [9.17, 15) is 4.79 Å². The lowest BCUT2D eigenvalue weighted by atomic mass is 10.1. The first-order valence-electron chi connectivity index (χ1n) is 4.94. The summed E-state index contributed by atoms with van der Waals surface area (Å²) in [6, 6.07) is 3.90. The zero-order valence-electron chi connectivity index (χ0n) is 9.24. The molecule has 0 aromatic carbocycles. The number of hydrogen-bond acceptors (Lipinski definition) is 1. The van der Waals surface area contributed by atoms with Crippen LogP contribution in [0.4, 0.5) is 0 Å². The Morgan fingerprint density at radius 1 is 1.43 bits per heavy atom. The summed E-state index contributed by atoms with van der Waals surface area (Å²) in [5.74, 6) is 0.456. The van der Waals surface area contributed by atoms with Crippen LogP contribution in [0, 0.1) is 5.92 Å². The zero-order valence-corrected chi connectivity index (χ0v) is 9.24. The van der Waals surface area contributed by atoms with Gasteiger partial charge in [0.25, 0.3) is 5.91 Å². The molecule has 1 heterocycles. The number of hydrogen-bond donors (Lipinski definition) is 1. The number of rotatable bonds is 3. The third kappa shape index (κ3) is 2.37. The second kappa shape index (κ2) is 4.31.